The first kappa shape index (κ1) is 14.8. The van der Waals surface area contributed by atoms with Crippen molar-refractivity contribution in [3.8, 4) is 11.3 Å². The third-order valence-corrected chi connectivity index (χ3v) is 5.20. The molecule has 5 heteroatoms. The highest BCUT2D eigenvalue weighted by atomic mass is 16.5. The van der Waals surface area contributed by atoms with Gasteiger partial charge >= 0.3 is 0 Å². The van der Waals surface area contributed by atoms with E-state index in [1.165, 1.54) is 0 Å². The predicted molar refractivity (Wildman–Crippen MR) is 93.6 cm³/mol. The molecule has 0 saturated carbocycles. The lowest BCUT2D eigenvalue weighted by atomic mass is 9.87. The fourth-order valence-corrected chi connectivity index (χ4v) is 4.00. The summed E-state index contributed by atoms with van der Waals surface area (Å²) >= 11 is 0. The molecule has 1 aromatic heterocycles. The van der Waals surface area contributed by atoms with Gasteiger partial charge in [0.25, 0.3) is 0 Å². The second-order valence-corrected chi connectivity index (χ2v) is 6.96. The van der Waals surface area contributed by atoms with E-state index in [-0.39, 0.29) is 5.78 Å². The molecule has 126 valence electrons. The van der Waals surface area contributed by atoms with Gasteiger partial charge in [0.2, 0.25) is 0 Å². The van der Waals surface area contributed by atoms with Crippen LogP contribution >= 0.6 is 0 Å². The first-order valence-corrected chi connectivity index (χ1v) is 8.60. The van der Waals surface area contributed by atoms with Gasteiger partial charge in [0.05, 0.1) is 18.7 Å². The van der Waals surface area contributed by atoms with E-state index in [1.54, 1.807) is 0 Å². The lowest BCUT2D eigenvalue weighted by Gasteiger charge is -2.31. The zero-order valence-corrected chi connectivity index (χ0v) is 13.7. The fourth-order valence-electron chi connectivity index (χ4n) is 4.00. The second-order valence-electron chi connectivity index (χ2n) is 6.96. The summed E-state index contributed by atoms with van der Waals surface area (Å²) in [6.45, 7) is 1.38. The van der Waals surface area contributed by atoms with Gasteiger partial charge in [-0.3, -0.25) is 9.48 Å². The quantitative estimate of drug-likeness (QED) is 0.612. The Bertz CT molecular complexity index is 999. The summed E-state index contributed by atoms with van der Waals surface area (Å²) in [5, 5.41) is 16.5. The number of aromatic nitrogens is 2. The minimum atomic E-state index is -0.915. The Balaban J connectivity index is 1.71. The molecule has 1 aliphatic heterocycles. The molecule has 5 nitrogen and oxygen atoms in total. The zero-order chi connectivity index (χ0) is 17.0. The smallest absolute Gasteiger partial charge is 0.194 e. The van der Waals surface area contributed by atoms with Gasteiger partial charge in [-0.05, 0) is 18.9 Å². The number of nitrogens with zero attached hydrogens (tertiary/aromatic N) is 2. The maximum atomic E-state index is 12.9. The lowest BCUT2D eigenvalue weighted by Crippen LogP contribution is -2.42. The van der Waals surface area contributed by atoms with Crippen molar-refractivity contribution in [2.45, 2.75) is 25.0 Å². The van der Waals surface area contributed by atoms with Crippen LogP contribution in [0.15, 0.2) is 42.5 Å². The Hall–Kier alpha value is -2.50. The topological polar surface area (TPSA) is 64.4 Å². The SMILES string of the molecule is O=C1c2ccccc2-c2nn(CC3(O)CCCOC3)c3cccc1c23. The average molecular weight is 334 g/mol. The Labute approximate surface area is 144 Å². The maximum Gasteiger partial charge on any atom is 0.194 e. The van der Waals surface area contributed by atoms with Crippen molar-refractivity contribution in [3.05, 3.63) is 53.6 Å². The normalized spacial score (nSPS) is 22.2. The molecular weight excluding hydrogens is 316 g/mol. The Morgan fingerprint density at radius 3 is 2.72 bits per heavy atom. The molecule has 1 aliphatic carbocycles. The molecule has 5 rings (SSSR count). The highest BCUT2D eigenvalue weighted by Gasteiger charge is 2.34. The van der Waals surface area contributed by atoms with Crippen molar-refractivity contribution in [3.63, 3.8) is 0 Å². The second kappa shape index (κ2) is 5.25. The number of benzene rings is 2. The van der Waals surface area contributed by atoms with E-state index in [4.69, 9.17) is 9.84 Å². The van der Waals surface area contributed by atoms with Crippen molar-refractivity contribution in [2.24, 2.45) is 0 Å². The summed E-state index contributed by atoms with van der Waals surface area (Å²) in [4.78, 5) is 12.9. The maximum absolute atomic E-state index is 12.9. The first-order valence-electron chi connectivity index (χ1n) is 8.60. The minimum Gasteiger partial charge on any atom is -0.386 e. The summed E-state index contributed by atoms with van der Waals surface area (Å²) in [5.74, 6) is 0.0351. The van der Waals surface area contributed by atoms with Crippen molar-refractivity contribution >= 4 is 16.7 Å². The van der Waals surface area contributed by atoms with Crippen LogP contribution in [0.3, 0.4) is 0 Å². The molecule has 25 heavy (non-hydrogen) atoms. The van der Waals surface area contributed by atoms with Crippen LogP contribution in [0, 0.1) is 0 Å². The third kappa shape index (κ3) is 2.16. The monoisotopic (exact) mass is 334 g/mol. The van der Waals surface area contributed by atoms with Crippen molar-refractivity contribution in [1.29, 1.82) is 0 Å². The summed E-state index contributed by atoms with van der Waals surface area (Å²) in [6, 6.07) is 13.3. The Morgan fingerprint density at radius 1 is 1.12 bits per heavy atom. The molecule has 2 aliphatic rings. The van der Waals surface area contributed by atoms with E-state index in [0.29, 0.717) is 37.3 Å². The van der Waals surface area contributed by atoms with E-state index >= 15 is 0 Å². The van der Waals surface area contributed by atoms with Gasteiger partial charge in [-0.1, -0.05) is 36.4 Å². The van der Waals surface area contributed by atoms with Gasteiger partial charge in [0.1, 0.15) is 11.3 Å². The van der Waals surface area contributed by atoms with Crippen molar-refractivity contribution < 1.29 is 14.6 Å². The minimum absolute atomic E-state index is 0.0351. The van der Waals surface area contributed by atoms with Crippen LogP contribution in [0.2, 0.25) is 0 Å². The molecule has 1 fully saturated rings. The molecular formula is C20H18N2O3. The number of fused-ring (bicyclic) bond motifs is 2. The van der Waals surface area contributed by atoms with Crippen LogP contribution in [0.5, 0.6) is 0 Å². The zero-order valence-electron chi connectivity index (χ0n) is 13.7. The molecule has 2 heterocycles. The summed E-state index contributed by atoms with van der Waals surface area (Å²) < 4.78 is 7.30. The highest BCUT2D eigenvalue weighted by molar-refractivity contribution is 6.25. The highest BCUT2D eigenvalue weighted by Crippen LogP contribution is 2.39. The Kier molecular flexibility index (Phi) is 3.11. The fraction of sp³-hybridized carbons (Fsp3) is 0.300. The van der Waals surface area contributed by atoms with Gasteiger partial charge in [-0.15, -0.1) is 0 Å². The number of hydrogen-bond donors (Lipinski definition) is 1. The third-order valence-electron chi connectivity index (χ3n) is 5.20. The van der Waals surface area contributed by atoms with E-state index in [0.717, 1.165) is 28.6 Å². The molecule has 0 spiro atoms. The number of ketones is 1. The molecule has 2 aromatic carbocycles. The summed E-state index contributed by atoms with van der Waals surface area (Å²) in [6.07, 6.45) is 1.54. The van der Waals surface area contributed by atoms with E-state index < -0.39 is 5.60 Å². The molecule has 1 atom stereocenters. The number of ether oxygens (including phenoxy) is 1. The van der Waals surface area contributed by atoms with Gasteiger partial charge in [-0.2, -0.15) is 5.10 Å². The van der Waals surface area contributed by atoms with Crippen LogP contribution < -0.4 is 0 Å². The van der Waals surface area contributed by atoms with Crippen LogP contribution in [0.4, 0.5) is 0 Å². The number of carbonyl (C=O) groups is 1. The molecule has 1 saturated heterocycles. The van der Waals surface area contributed by atoms with Crippen molar-refractivity contribution in [1.82, 2.24) is 9.78 Å². The predicted octanol–water partition coefficient (Wildman–Crippen LogP) is 2.79. The average Bonchev–Trinajstić information content (AvgIpc) is 2.99. The summed E-state index contributed by atoms with van der Waals surface area (Å²) in [7, 11) is 0. The first-order chi connectivity index (χ1) is 12.2. The van der Waals surface area contributed by atoms with Crippen molar-refractivity contribution in [2.75, 3.05) is 13.2 Å². The summed E-state index contributed by atoms with van der Waals surface area (Å²) in [5.41, 5.74) is 3.02. The molecule has 1 unspecified atom stereocenters. The molecule has 0 amide bonds. The van der Waals surface area contributed by atoms with E-state index in [2.05, 4.69) is 0 Å². The van der Waals surface area contributed by atoms with Crippen LogP contribution in [0.25, 0.3) is 22.2 Å². The molecule has 0 radical (unpaired) electrons. The van der Waals surface area contributed by atoms with E-state index in [9.17, 15) is 9.90 Å². The van der Waals surface area contributed by atoms with Gasteiger partial charge < -0.3 is 9.84 Å². The standard InChI is InChI=1S/C20H18N2O3/c23-19-14-6-2-1-5-13(14)18-17-15(19)7-3-8-16(17)22(21-18)11-20(24)9-4-10-25-12-20/h1-3,5-8,24H,4,9-12H2. The Morgan fingerprint density at radius 2 is 1.92 bits per heavy atom. The van der Waals surface area contributed by atoms with E-state index in [1.807, 2.05) is 47.1 Å². The largest absolute Gasteiger partial charge is 0.386 e. The van der Waals surface area contributed by atoms with Gasteiger partial charge in [0, 0.05) is 28.7 Å². The van der Waals surface area contributed by atoms with Crippen LogP contribution in [-0.4, -0.2) is 39.5 Å². The molecule has 3 aromatic rings. The number of rotatable bonds is 2. The van der Waals surface area contributed by atoms with Crippen LogP contribution in [0.1, 0.15) is 28.8 Å². The van der Waals surface area contributed by atoms with Gasteiger partial charge in [0.15, 0.2) is 5.78 Å². The van der Waals surface area contributed by atoms with Gasteiger partial charge in [-0.25, -0.2) is 0 Å². The molecule has 0 bridgehead atoms. The van der Waals surface area contributed by atoms with Crippen LogP contribution in [-0.2, 0) is 11.3 Å². The number of carbonyl (C=O) groups excluding carboxylic acids is 1. The number of hydrogen-bond acceptors (Lipinski definition) is 4. The lowest BCUT2D eigenvalue weighted by molar-refractivity contribution is -0.0951. The molecule has 1 N–H and O–H groups in total. The number of aliphatic hydroxyl groups is 1.